The topological polar surface area (TPSA) is 39.1 Å². The van der Waals surface area contributed by atoms with Crippen LogP contribution in [-0.4, -0.2) is 19.6 Å². The van der Waals surface area contributed by atoms with Crippen molar-refractivity contribution < 1.29 is 0 Å². The number of hydrogen-bond donors (Lipinski definition) is 1. The van der Waals surface area contributed by atoms with Crippen LogP contribution in [0.1, 0.15) is 45.2 Å². The molecule has 1 aromatic carbocycles. The fourth-order valence-corrected chi connectivity index (χ4v) is 2.36. The van der Waals surface area contributed by atoms with Crippen LogP contribution < -0.4 is 10.2 Å². The molecule has 0 aliphatic carbocycles. The van der Waals surface area contributed by atoms with Gasteiger partial charge in [0.1, 0.15) is 0 Å². The first-order valence-electron chi connectivity index (χ1n) is 7.04. The summed E-state index contributed by atoms with van der Waals surface area (Å²) in [6, 6.07) is 11.7. The average molecular weight is 259 g/mol. The van der Waals surface area contributed by atoms with Crippen LogP contribution in [0, 0.1) is 11.3 Å². The second-order valence-corrected chi connectivity index (χ2v) is 5.04. The van der Waals surface area contributed by atoms with Gasteiger partial charge in [-0.1, -0.05) is 19.1 Å². The number of benzene rings is 1. The van der Waals surface area contributed by atoms with Crippen molar-refractivity contribution >= 4 is 5.69 Å². The van der Waals surface area contributed by atoms with Gasteiger partial charge in [0.05, 0.1) is 12.5 Å². The molecule has 19 heavy (non-hydrogen) atoms. The third-order valence-electron chi connectivity index (χ3n) is 3.47. The van der Waals surface area contributed by atoms with Gasteiger partial charge in [0.15, 0.2) is 0 Å². The summed E-state index contributed by atoms with van der Waals surface area (Å²) in [6.45, 7) is 7.29. The Balaban J connectivity index is 2.86. The van der Waals surface area contributed by atoms with Crippen LogP contribution in [0.2, 0.25) is 0 Å². The summed E-state index contributed by atoms with van der Waals surface area (Å²) in [5.41, 5.74) is 2.51. The van der Waals surface area contributed by atoms with Crippen LogP contribution in [0.25, 0.3) is 0 Å². The highest BCUT2D eigenvalue weighted by Crippen LogP contribution is 2.22. The predicted octanol–water partition coefficient (Wildman–Crippen LogP) is 3.49. The van der Waals surface area contributed by atoms with Crippen LogP contribution in [0.5, 0.6) is 0 Å². The number of rotatable bonds is 7. The van der Waals surface area contributed by atoms with Crippen molar-refractivity contribution in [3.8, 4) is 6.07 Å². The van der Waals surface area contributed by atoms with Gasteiger partial charge in [-0.3, -0.25) is 0 Å². The largest absolute Gasteiger partial charge is 0.368 e. The minimum Gasteiger partial charge on any atom is -0.368 e. The van der Waals surface area contributed by atoms with Gasteiger partial charge in [0.25, 0.3) is 0 Å². The lowest BCUT2D eigenvalue weighted by Gasteiger charge is -2.28. The fraction of sp³-hybridized carbons (Fsp3) is 0.562. The lowest BCUT2D eigenvalue weighted by Crippen LogP contribution is -2.31. The van der Waals surface area contributed by atoms with Gasteiger partial charge in [0, 0.05) is 24.3 Å². The number of hydrogen-bond acceptors (Lipinski definition) is 3. The zero-order chi connectivity index (χ0) is 14.3. The summed E-state index contributed by atoms with van der Waals surface area (Å²) in [6.07, 6.45) is 1.65. The van der Waals surface area contributed by atoms with Crippen molar-refractivity contribution in [3.63, 3.8) is 0 Å². The van der Waals surface area contributed by atoms with Crippen LogP contribution in [0.4, 0.5) is 5.69 Å². The number of nitrogens with zero attached hydrogens (tertiary/aromatic N) is 2. The van der Waals surface area contributed by atoms with E-state index in [1.807, 2.05) is 7.05 Å². The second kappa shape index (κ2) is 7.81. The molecule has 0 aliphatic heterocycles. The zero-order valence-corrected chi connectivity index (χ0v) is 12.5. The summed E-state index contributed by atoms with van der Waals surface area (Å²) < 4.78 is 0. The lowest BCUT2D eigenvalue weighted by molar-refractivity contribution is 0.576. The Morgan fingerprint density at radius 2 is 1.89 bits per heavy atom. The van der Waals surface area contributed by atoms with Crippen LogP contribution in [-0.2, 0) is 0 Å². The highest BCUT2D eigenvalue weighted by atomic mass is 15.1. The summed E-state index contributed by atoms with van der Waals surface area (Å²) >= 11 is 0. The fourth-order valence-electron chi connectivity index (χ4n) is 2.36. The van der Waals surface area contributed by atoms with Crippen LogP contribution >= 0.6 is 0 Å². The van der Waals surface area contributed by atoms with Gasteiger partial charge >= 0.3 is 0 Å². The molecule has 1 rings (SSSR count). The maximum atomic E-state index is 8.74. The quantitative estimate of drug-likeness (QED) is 0.814. The van der Waals surface area contributed by atoms with Crippen LogP contribution in [0.3, 0.4) is 0 Å². The first-order chi connectivity index (χ1) is 9.13. The van der Waals surface area contributed by atoms with E-state index in [-0.39, 0.29) is 0 Å². The highest BCUT2D eigenvalue weighted by Gasteiger charge is 2.11. The molecule has 1 aromatic rings. The number of anilines is 1. The Morgan fingerprint density at radius 1 is 1.26 bits per heavy atom. The third-order valence-corrected chi connectivity index (χ3v) is 3.47. The zero-order valence-electron chi connectivity index (χ0n) is 12.5. The molecule has 0 aliphatic rings. The van der Waals surface area contributed by atoms with Crippen molar-refractivity contribution in [2.45, 2.75) is 45.7 Å². The summed E-state index contributed by atoms with van der Waals surface area (Å²) in [5, 5.41) is 12.1. The van der Waals surface area contributed by atoms with Crippen LogP contribution in [0.15, 0.2) is 24.3 Å². The Bertz CT molecular complexity index is 399. The minimum absolute atomic E-state index is 0.408. The SMILES string of the molecule is CCC(NC)c1ccc(N(CCC#N)C(C)C)cc1. The molecule has 0 bridgehead atoms. The molecule has 3 heteroatoms. The molecule has 1 atom stereocenters. The van der Waals surface area contributed by atoms with Gasteiger partial charge in [-0.25, -0.2) is 0 Å². The summed E-state index contributed by atoms with van der Waals surface area (Å²) in [4.78, 5) is 2.27. The lowest BCUT2D eigenvalue weighted by atomic mass is 10.0. The van der Waals surface area contributed by atoms with E-state index in [9.17, 15) is 0 Å². The second-order valence-electron chi connectivity index (χ2n) is 5.04. The van der Waals surface area contributed by atoms with E-state index in [0.29, 0.717) is 18.5 Å². The van der Waals surface area contributed by atoms with Gasteiger partial charge in [-0.15, -0.1) is 0 Å². The van der Waals surface area contributed by atoms with Gasteiger partial charge in [-0.05, 0) is 45.0 Å². The van der Waals surface area contributed by atoms with E-state index < -0.39 is 0 Å². The van der Waals surface area contributed by atoms with Crippen molar-refractivity contribution in [1.29, 1.82) is 5.26 Å². The molecule has 0 aromatic heterocycles. The molecule has 0 heterocycles. The van der Waals surface area contributed by atoms with Crippen molar-refractivity contribution in [2.24, 2.45) is 0 Å². The maximum Gasteiger partial charge on any atom is 0.0640 e. The monoisotopic (exact) mass is 259 g/mol. The van der Waals surface area contributed by atoms with E-state index in [0.717, 1.165) is 13.0 Å². The van der Waals surface area contributed by atoms with E-state index in [1.165, 1.54) is 11.3 Å². The molecule has 0 spiro atoms. The normalized spacial score (nSPS) is 12.2. The third kappa shape index (κ3) is 4.25. The molecule has 104 valence electrons. The molecule has 0 saturated heterocycles. The number of nitrogens with one attached hydrogen (secondary N) is 1. The summed E-state index contributed by atoms with van der Waals surface area (Å²) in [5.74, 6) is 0. The highest BCUT2D eigenvalue weighted by molar-refractivity contribution is 5.48. The Labute approximate surface area is 117 Å². The Kier molecular flexibility index (Phi) is 6.38. The molecule has 0 saturated carbocycles. The molecule has 1 N–H and O–H groups in total. The van der Waals surface area contributed by atoms with E-state index in [1.54, 1.807) is 0 Å². The van der Waals surface area contributed by atoms with Gasteiger partial charge in [-0.2, -0.15) is 5.26 Å². The Morgan fingerprint density at radius 3 is 2.32 bits per heavy atom. The molecular formula is C16H25N3. The molecule has 3 nitrogen and oxygen atoms in total. The minimum atomic E-state index is 0.408. The molecule has 0 fully saturated rings. The molecule has 1 unspecified atom stereocenters. The molecule has 0 amide bonds. The van der Waals surface area contributed by atoms with Gasteiger partial charge in [0.2, 0.25) is 0 Å². The van der Waals surface area contributed by atoms with E-state index in [4.69, 9.17) is 5.26 Å². The van der Waals surface area contributed by atoms with Crippen molar-refractivity contribution in [1.82, 2.24) is 5.32 Å². The average Bonchev–Trinajstić information content (AvgIpc) is 2.42. The Hall–Kier alpha value is -1.53. The standard InChI is InChI=1S/C16H25N3/c1-5-16(18-4)14-7-9-15(10-8-14)19(13(2)3)12-6-11-17/h7-10,13,16,18H,5-6,12H2,1-4H3. The molecular weight excluding hydrogens is 234 g/mol. The summed E-state index contributed by atoms with van der Waals surface area (Å²) in [7, 11) is 2.00. The van der Waals surface area contributed by atoms with E-state index in [2.05, 4.69) is 61.3 Å². The van der Waals surface area contributed by atoms with E-state index >= 15 is 0 Å². The smallest absolute Gasteiger partial charge is 0.0640 e. The molecule has 0 radical (unpaired) electrons. The van der Waals surface area contributed by atoms with Crippen molar-refractivity contribution in [2.75, 3.05) is 18.5 Å². The maximum absolute atomic E-state index is 8.74. The first-order valence-corrected chi connectivity index (χ1v) is 7.04. The van der Waals surface area contributed by atoms with Crippen molar-refractivity contribution in [3.05, 3.63) is 29.8 Å². The predicted molar refractivity (Wildman–Crippen MR) is 81.2 cm³/mol. The number of nitriles is 1. The first kappa shape index (κ1) is 15.5. The van der Waals surface area contributed by atoms with Gasteiger partial charge < -0.3 is 10.2 Å².